The van der Waals surface area contributed by atoms with Gasteiger partial charge in [0, 0.05) is 36.5 Å². The number of hydrogen-bond acceptors (Lipinski definition) is 4. The number of nitrogens with zero attached hydrogens (tertiary/aromatic N) is 1. The average Bonchev–Trinajstić information content (AvgIpc) is 2.65. The quantitative estimate of drug-likeness (QED) is 0.688. The molecule has 148 valence electrons. The highest BCUT2D eigenvalue weighted by Gasteiger charge is 2.27. The van der Waals surface area contributed by atoms with Crippen molar-refractivity contribution in [2.75, 3.05) is 26.3 Å². The Bertz CT molecular complexity index is 672. The summed E-state index contributed by atoms with van der Waals surface area (Å²) in [5.41, 5.74) is 0.485. The summed E-state index contributed by atoms with van der Waals surface area (Å²) >= 11 is 5.89. The lowest BCUT2D eigenvalue weighted by Crippen LogP contribution is -2.52. The van der Waals surface area contributed by atoms with Crippen molar-refractivity contribution >= 4 is 29.2 Å². The second-order valence-corrected chi connectivity index (χ2v) is 7.56. The van der Waals surface area contributed by atoms with Crippen LogP contribution >= 0.6 is 11.6 Å². The predicted octanol–water partition coefficient (Wildman–Crippen LogP) is 2.69. The predicted molar refractivity (Wildman–Crippen MR) is 104 cm³/mol. The second-order valence-electron chi connectivity index (χ2n) is 7.12. The monoisotopic (exact) mass is 394 g/mol. The van der Waals surface area contributed by atoms with Crippen LogP contribution in [0.25, 0.3) is 0 Å². The van der Waals surface area contributed by atoms with Crippen molar-refractivity contribution in [2.24, 2.45) is 5.92 Å². The fourth-order valence-electron chi connectivity index (χ4n) is 3.00. The number of hydrogen-bond donors (Lipinski definition) is 1. The van der Waals surface area contributed by atoms with E-state index in [0.29, 0.717) is 43.3 Å². The Morgan fingerprint density at radius 3 is 2.52 bits per heavy atom. The van der Waals surface area contributed by atoms with Crippen LogP contribution in [0.5, 0.6) is 0 Å². The third kappa shape index (κ3) is 6.96. The van der Waals surface area contributed by atoms with Crippen molar-refractivity contribution in [3.8, 4) is 0 Å². The standard InChI is InChI=1S/C20H27ClN2O4/c1-14(2)12-17(20(26)23-8-10-27-11-9-23)22-19(25)7-6-18(24)15-4-3-5-16(21)13-15/h3-5,13-14,17H,6-12H2,1-2H3,(H,22,25). The molecule has 1 saturated heterocycles. The molecule has 0 saturated carbocycles. The van der Waals surface area contributed by atoms with E-state index in [0.717, 1.165) is 0 Å². The topological polar surface area (TPSA) is 75.7 Å². The molecule has 0 bridgehead atoms. The number of morpholine rings is 1. The molecule has 0 aromatic heterocycles. The van der Waals surface area contributed by atoms with Crippen molar-refractivity contribution in [2.45, 2.75) is 39.2 Å². The lowest BCUT2D eigenvalue weighted by atomic mass is 10.0. The number of carbonyl (C=O) groups is 3. The number of carbonyl (C=O) groups excluding carboxylic acids is 3. The Morgan fingerprint density at radius 2 is 1.89 bits per heavy atom. The summed E-state index contributed by atoms with van der Waals surface area (Å²) < 4.78 is 5.28. The molecule has 1 aromatic carbocycles. The van der Waals surface area contributed by atoms with Crippen LogP contribution in [0, 0.1) is 5.92 Å². The van der Waals surface area contributed by atoms with Gasteiger partial charge in [0.25, 0.3) is 0 Å². The van der Waals surface area contributed by atoms with E-state index in [1.165, 1.54) is 0 Å². The fourth-order valence-corrected chi connectivity index (χ4v) is 3.19. The minimum atomic E-state index is -0.572. The summed E-state index contributed by atoms with van der Waals surface area (Å²) in [5.74, 6) is -0.264. The largest absolute Gasteiger partial charge is 0.378 e. The first-order valence-corrected chi connectivity index (χ1v) is 9.69. The SMILES string of the molecule is CC(C)CC(NC(=O)CCC(=O)c1cccc(Cl)c1)C(=O)N1CCOCC1. The zero-order valence-corrected chi connectivity index (χ0v) is 16.6. The van der Waals surface area contributed by atoms with Crippen LogP contribution in [0.2, 0.25) is 5.02 Å². The zero-order chi connectivity index (χ0) is 19.8. The summed E-state index contributed by atoms with van der Waals surface area (Å²) in [6.07, 6.45) is 0.673. The molecule has 6 nitrogen and oxygen atoms in total. The van der Waals surface area contributed by atoms with Crippen molar-refractivity contribution in [3.05, 3.63) is 34.9 Å². The lowest BCUT2D eigenvalue weighted by Gasteiger charge is -2.31. The van der Waals surface area contributed by atoms with E-state index >= 15 is 0 Å². The van der Waals surface area contributed by atoms with Gasteiger partial charge in [-0.1, -0.05) is 37.6 Å². The first-order valence-electron chi connectivity index (χ1n) is 9.31. The third-order valence-corrected chi connectivity index (χ3v) is 4.62. The van der Waals surface area contributed by atoms with Gasteiger partial charge in [0.15, 0.2) is 5.78 Å². The molecule has 27 heavy (non-hydrogen) atoms. The summed E-state index contributed by atoms with van der Waals surface area (Å²) in [6, 6.07) is 6.09. The van der Waals surface area contributed by atoms with Crippen molar-refractivity contribution < 1.29 is 19.1 Å². The van der Waals surface area contributed by atoms with Crippen LogP contribution in [0.15, 0.2) is 24.3 Å². The van der Waals surface area contributed by atoms with Gasteiger partial charge >= 0.3 is 0 Å². The van der Waals surface area contributed by atoms with E-state index in [1.54, 1.807) is 29.2 Å². The van der Waals surface area contributed by atoms with Crippen molar-refractivity contribution in [1.82, 2.24) is 10.2 Å². The van der Waals surface area contributed by atoms with E-state index in [1.807, 2.05) is 13.8 Å². The smallest absolute Gasteiger partial charge is 0.245 e. The molecule has 1 unspecified atom stereocenters. The van der Waals surface area contributed by atoms with Gasteiger partial charge in [-0.3, -0.25) is 14.4 Å². The van der Waals surface area contributed by atoms with Gasteiger partial charge in [-0.05, 0) is 24.5 Å². The number of benzene rings is 1. The summed E-state index contributed by atoms with van der Waals surface area (Å²) in [6.45, 7) is 6.13. The maximum absolute atomic E-state index is 12.7. The van der Waals surface area contributed by atoms with E-state index in [2.05, 4.69) is 5.32 Å². The third-order valence-electron chi connectivity index (χ3n) is 4.39. The first kappa shape index (κ1) is 21.4. The molecular weight excluding hydrogens is 368 g/mol. The first-order chi connectivity index (χ1) is 12.9. The van der Waals surface area contributed by atoms with Crippen LogP contribution in [0.4, 0.5) is 0 Å². The fraction of sp³-hybridized carbons (Fsp3) is 0.550. The molecule has 1 aromatic rings. The molecule has 2 rings (SSSR count). The van der Waals surface area contributed by atoms with Crippen molar-refractivity contribution in [3.63, 3.8) is 0 Å². The summed E-state index contributed by atoms with van der Waals surface area (Å²) in [5, 5.41) is 3.30. The molecule has 1 aliphatic heterocycles. The molecule has 0 radical (unpaired) electrons. The Balaban J connectivity index is 1.90. The van der Waals surface area contributed by atoms with Crippen LogP contribution in [0.1, 0.15) is 43.5 Å². The van der Waals surface area contributed by atoms with Gasteiger partial charge in [0.05, 0.1) is 13.2 Å². The molecule has 1 aliphatic rings. The molecule has 0 spiro atoms. The molecule has 1 fully saturated rings. The van der Waals surface area contributed by atoms with Crippen molar-refractivity contribution in [1.29, 1.82) is 0 Å². The highest BCUT2D eigenvalue weighted by Crippen LogP contribution is 2.14. The highest BCUT2D eigenvalue weighted by molar-refractivity contribution is 6.31. The number of nitrogens with one attached hydrogen (secondary N) is 1. The lowest BCUT2D eigenvalue weighted by molar-refractivity contribution is -0.140. The maximum atomic E-state index is 12.7. The Hall–Kier alpha value is -1.92. The molecule has 2 amide bonds. The van der Waals surface area contributed by atoms with Crippen LogP contribution in [-0.2, 0) is 14.3 Å². The van der Waals surface area contributed by atoms with Gasteiger partial charge in [0.1, 0.15) is 6.04 Å². The van der Waals surface area contributed by atoms with E-state index in [4.69, 9.17) is 16.3 Å². The van der Waals surface area contributed by atoms with Gasteiger partial charge in [-0.15, -0.1) is 0 Å². The molecule has 0 aliphatic carbocycles. The van der Waals surface area contributed by atoms with Crippen LogP contribution < -0.4 is 5.32 Å². The second kappa shape index (κ2) is 10.4. The Kier molecular flexibility index (Phi) is 8.25. The number of ether oxygens (including phenoxy) is 1. The van der Waals surface area contributed by atoms with E-state index in [9.17, 15) is 14.4 Å². The maximum Gasteiger partial charge on any atom is 0.245 e. The minimum Gasteiger partial charge on any atom is -0.378 e. The van der Waals surface area contributed by atoms with Crippen LogP contribution in [0.3, 0.4) is 0 Å². The molecule has 1 N–H and O–H groups in total. The van der Waals surface area contributed by atoms with Gasteiger partial charge in [0.2, 0.25) is 11.8 Å². The molecular formula is C20H27ClN2O4. The normalized spacial score (nSPS) is 15.5. The molecule has 1 atom stereocenters. The highest BCUT2D eigenvalue weighted by atomic mass is 35.5. The summed E-state index contributed by atoms with van der Waals surface area (Å²) in [7, 11) is 0. The number of rotatable bonds is 8. The van der Waals surface area contributed by atoms with Crippen LogP contribution in [-0.4, -0.2) is 54.8 Å². The Labute approximate surface area is 165 Å². The van der Waals surface area contributed by atoms with Gasteiger partial charge < -0.3 is 15.0 Å². The average molecular weight is 395 g/mol. The minimum absolute atomic E-state index is 0.0380. The molecule has 7 heteroatoms. The zero-order valence-electron chi connectivity index (χ0n) is 15.9. The van der Waals surface area contributed by atoms with E-state index in [-0.39, 0.29) is 36.4 Å². The Morgan fingerprint density at radius 1 is 1.19 bits per heavy atom. The number of halogens is 1. The summed E-state index contributed by atoms with van der Waals surface area (Å²) in [4.78, 5) is 39.0. The molecule has 1 heterocycles. The van der Waals surface area contributed by atoms with E-state index < -0.39 is 6.04 Å². The number of amides is 2. The van der Waals surface area contributed by atoms with Gasteiger partial charge in [-0.2, -0.15) is 0 Å². The number of ketones is 1. The number of Topliss-reactive ketones (excluding diaryl/α,β-unsaturated/α-hetero) is 1. The van der Waals surface area contributed by atoms with Gasteiger partial charge in [-0.25, -0.2) is 0 Å².